The van der Waals surface area contributed by atoms with Crippen LogP contribution in [-0.4, -0.2) is 23.2 Å². The van der Waals surface area contributed by atoms with Gasteiger partial charge in [0.2, 0.25) is 5.88 Å². The van der Waals surface area contributed by atoms with Crippen molar-refractivity contribution in [1.82, 2.24) is 9.97 Å². The fraction of sp³-hybridized carbons (Fsp3) is 0.667. The molecule has 0 N–H and O–H groups in total. The van der Waals surface area contributed by atoms with Crippen LogP contribution in [0.15, 0.2) is 10.7 Å². The fourth-order valence-electron chi connectivity index (χ4n) is 2.13. The molecule has 2 unspecified atom stereocenters. The van der Waals surface area contributed by atoms with Gasteiger partial charge < -0.3 is 9.47 Å². The third-order valence-corrected chi connectivity index (χ3v) is 3.72. The lowest BCUT2D eigenvalue weighted by atomic mass is 9.88. The minimum absolute atomic E-state index is 0.231. The van der Waals surface area contributed by atoms with Crippen LogP contribution in [0.25, 0.3) is 0 Å². The topological polar surface area (TPSA) is 44.2 Å². The maximum atomic E-state index is 5.84. The lowest BCUT2D eigenvalue weighted by molar-refractivity contribution is 0.0913. The quantitative estimate of drug-likeness (QED) is 0.860. The van der Waals surface area contributed by atoms with Crippen molar-refractivity contribution in [2.75, 3.05) is 7.11 Å². The van der Waals surface area contributed by atoms with E-state index in [1.807, 2.05) is 0 Å². The Balaban J connectivity index is 2.07. The normalized spacial score (nSPS) is 24.4. The van der Waals surface area contributed by atoms with Gasteiger partial charge in [0.1, 0.15) is 6.10 Å². The molecule has 1 saturated carbocycles. The Kier molecular flexibility index (Phi) is 4.20. The van der Waals surface area contributed by atoms with E-state index in [2.05, 4.69) is 32.8 Å². The molecule has 0 amide bonds. The molecule has 0 spiro atoms. The number of nitrogens with zero attached hydrogens (tertiary/aromatic N) is 2. The molecule has 0 bridgehead atoms. The molecule has 1 fully saturated rings. The molecule has 1 heterocycles. The minimum Gasteiger partial charge on any atom is -0.480 e. The average molecular weight is 301 g/mol. The van der Waals surface area contributed by atoms with Crippen LogP contribution < -0.4 is 9.47 Å². The van der Waals surface area contributed by atoms with Crippen LogP contribution in [0.3, 0.4) is 0 Å². The number of aromatic nitrogens is 2. The highest BCUT2D eigenvalue weighted by Crippen LogP contribution is 2.28. The third-order valence-electron chi connectivity index (χ3n) is 3.17. The van der Waals surface area contributed by atoms with Crippen molar-refractivity contribution in [3.05, 3.63) is 10.7 Å². The first-order valence-electron chi connectivity index (χ1n) is 5.94. The van der Waals surface area contributed by atoms with E-state index in [0.29, 0.717) is 17.8 Å². The van der Waals surface area contributed by atoms with Crippen LogP contribution in [0, 0.1) is 5.92 Å². The summed E-state index contributed by atoms with van der Waals surface area (Å²) in [4.78, 5) is 8.37. The van der Waals surface area contributed by atoms with Crippen LogP contribution in [0.1, 0.15) is 32.6 Å². The molecule has 94 valence electrons. The van der Waals surface area contributed by atoms with Crippen molar-refractivity contribution in [3.63, 3.8) is 0 Å². The highest BCUT2D eigenvalue weighted by atomic mass is 79.9. The zero-order chi connectivity index (χ0) is 12.3. The van der Waals surface area contributed by atoms with Crippen molar-refractivity contribution in [2.24, 2.45) is 5.92 Å². The standard InChI is InChI=1S/C12H17BrN2O2/c1-8-5-3-4-6-10(8)17-12-14-7-9(13)11(15-12)16-2/h7-8,10H,3-6H2,1-2H3. The third kappa shape index (κ3) is 3.09. The van der Waals surface area contributed by atoms with Gasteiger partial charge in [-0.1, -0.05) is 13.3 Å². The predicted octanol–water partition coefficient (Wildman–Crippen LogP) is 3.21. The number of rotatable bonds is 3. The first-order valence-corrected chi connectivity index (χ1v) is 6.73. The van der Waals surface area contributed by atoms with Crippen LogP contribution in [0.2, 0.25) is 0 Å². The van der Waals surface area contributed by atoms with Gasteiger partial charge in [0.15, 0.2) is 0 Å². The van der Waals surface area contributed by atoms with Gasteiger partial charge in [-0.15, -0.1) is 0 Å². The Morgan fingerprint density at radius 3 is 2.82 bits per heavy atom. The van der Waals surface area contributed by atoms with E-state index in [1.54, 1.807) is 13.3 Å². The summed E-state index contributed by atoms with van der Waals surface area (Å²) in [6, 6.07) is 0.406. The second-order valence-electron chi connectivity index (χ2n) is 4.43. The van der Waals surface area contributed by atoms with Gasteiger partial charge in [-0.05, 0) is 41.1 Å². The molecule has 1 aromatic heterocycles. The zero-order valence-corrected chi connectivity index (χ0v) is 11.7. The first-order chi connectivity index (χ1) is 8.20. The Hall–Kier alpha value is -0.840. The molecule has 4 nitrogen and oxygen atoms in total. The van der Waals surface area contributed by atoms with E-state index >= 15 is 0 Å². The second kappa shape index (κ2) is 5.67. The highest BCUT2D eigenvalue weighted by molar-refractivity contribution is 9.10. The van der Waals surface area contributed by atoms with Gasteiger partial charge in [-0.3, -0.25) is 0 Å². The summed E-state index contributed by atoms with van der Waals surface area (Å²) in [6.45, 7) is 2.22. The van der Waals surface area contributed by atoms with E-state index in [0.717, 1.165) is 10.9 Å². The molecule has 2 atom stereocenters. The molecule has 5 heteroatoms. The number of hydrogen-bond donors (Lipinski definition) is 0. The summed E-state index contributed by atoms with van der Waals surface area (Å²) >= 11 is 3.32. The van der Waals surface area contributed by atoms with Crippen molar-refractivity contribution in [2.45, 2.75) is 38.7 Å². The van der Waals surface area contributed by atoms with E-state index in [1.165, 1.54) is 19.3 Å². The molecule has 1 aliphatic carbocycles. The highest BCUT2D eigenvalue weighted by Gasteiger charge is 2.24. The smallest absolute Gasteiger partial charge is 0.320 e. The van der Waals surface area contributed by atoms with E-state index < -0.39 is 0 Å². The van der Waals surface area contributed by atoms with Crippen LogP contribution in [-0.2, 0) is 0 Å². The summed E-state index contributed by atoms with van der Waals surface area (Å²) in [7, 11) is 1.58. The zero-order valence-electron chi connectivity index (χ0n) is 10.1. The van der Waals surface area contributed by atoms with Crippen molar-refractivity contribution >= 4 is 15.9 Å². The molecule has 2 rings (SSSR count). The minimum atomic E-state index is 0.231. The Bertz CT molecular complexity index is 387. The SMILES string of the molecule is COc1nc(OC2CCCCC2C)ncc1Br. The summed E-state index contributed by atoms with van der Waals surface area (Å²) in [5.74, 6) is 1.08. The summed E-state index contributed by atoms with van der Waals surface area (Å²) in [5.41, 5.74) is 0. The molecule has 0 radical (unpaired) electrons. The first kappa shape index (κ1) is 12.6. The Morgan fingerprint density at radius 1 is 1.35 bits per heavy atom. The summed E-state index contributed by atoms with van der Waals surface area (Å²) in [5, 5.41) is 0. The molecule has 0 aliphatic heterocycles. The van der Waals surface area contributed by atoms with Gasteiger partial charge in [0.25, 0.3) is 0 Å². The molecular formula is C12H17BrN2O2. The maximum Gasteiger partial charge on any atom is 0.320 e. The number of methoxy groups -OCH3 is 1. The summed E-state index contributed by atoms with van der Waals surface area (Å²) in [6.07, 6.45) is 6.72. The van der Waals surface area contributed by atoms with Crippen molar-refractivity contribution in [3.8, 4) is 11.9 Å². The predicted molar refractivity (Wildman–Crippen MR) is 68.3 cm³/mol. The van der Waals surface area contributed by atoms with E-state index in [9.17, 15) is 0 Å². The average Bonchev–Trinajstić information content (AvgIpc) is 2.34. The molecule has 1 aliphatic rings. The van der Waals surface area contributed by atoms with Gasteiger partial charge in [-0.2, -0.15) is 4.98 Å². The molecule has 0 saturated heterocycles. The molecule has 17 heavy (non-hydrogen) atoms. The lowest BCUT2D eigenvalue weighted by Gasteiger charge is -2.28. The monoisotopic (exact) mass is 300 g/mol. The second-order valence-corrected chi connectivity index (χ2v) is 5.28. The van der Waals surface area contributed by atoms with Crippen LogP contribution in [0.4, 0.5) is 0 Å². The van der Waals surface area contributed by atoms with Gasteiger partial charge in [0.05, 0.1) is 17.8 Å². The lowest BCUT2D eigenvalue weighted by Crippen LogP contribution is -2.28. The van der Waals surface area contributed by atoms with Crippen molar-refractivity contribution in [1.29, 1.82) is 0 Å². The Labute approximate surface area is 110 Å². The van der Waals surface area contributed by atoms with E-state index in [-0.39, 0.29) is 6.10 Å². The van der Waals surface area contributed by atoms with E-state index in [4.69, 9.17) is 9.47 Å². The van der Waals surface area contributed by atoms with Crippen molar-refractivity contribution < 1.29 is 9.47 Å². The number of halogens is 1. The van der Waals surface area contributed by atoms with Gasteiger partial charge >= 0.3 is 6.01 Å². The number of hydrogen-bond acceptors (Lipinski definition) is 4. The van der Waals surface area contributed by atoms with Gasteiger partial charge in [0, 0.05) is 0 Å². The molecule has 0 aromatic carbocycles. The fourth-order valence-corrected chi connectivity index (χ4v) is 2.48. The summed E-state index contributed by atoms with van der Waals surface area (Å²) < 4.78 is 11.7. The van der Waals surface area contributed by atoms with Crippen LogP contribution >= 0.6 is 15.9 Å². The largest absolute Gasteiger partial charge is 0.480 e. The molecule has 1 aromatic rings. The molecular weight excluding hydrogens is 284 g/mol. The van der Waals surface area contributed by atoms with Gasteiger partial charge in [-0.25, -0.2) is 4.98 Å². The van der Waals surface area contributed by atoms with Crippen LogP contribution in [0.5, 0.6) is 11.9 Å². The number of ether oxygens (including phenoxy) is 2. The Morgan fingerprint density at radius 2 is 2.12 bits per heavy atom. The maximum absolute atomic E-state index is 5.84.